The van der Waals surface area contributed by atoms with E-state index in [4.69, 9.17) is 8.94 Å². The number of phosphoric ester groups is 1. The Morgan fingerprint density at radius 2 is 1.86 bits per heavy atom. The summed E-state index contributed by atoms with van der Waals surface area (Å²) < 4.78 is 29.1. The van der Waals surface area contributed by atoms with Gasteiger partial charge in [0.25, 0.3) is 0 Å². The molecule has 0 radical (unpaired) electrons. The standard InChI is InChI=1S/C26H27N2O6P/c1-16-6-7-17(23(29)15-33-35(30,31)32-5)12-22(16)26-20-10-8-18(27-2)13-24(20)34-25-14-19(28(3)4)9-11-21(25)26/h6-14H,15H2,1-5H3,(H,30,31)/p+1. The number of benzene rings is 3. The van der Waals surface area contributed by atoms with E-state index in [0.717, 1.165) is 45.8 Å². The van der Waals surface area contributed by atoms with Gasteiger partial charge in [0.05, 0.1) is 6.07 Å². The van der Waals surface area contributed by atoms with Crippen LogP contribution in [0.25, 0.3) is 33.4 Å². The first kappa shape index (κ1) is 24.8. The highest BCUT2D eigenvalue weighted by molar-refractivity contribution is 7.47. The summed E-state index contributed by atoms with van der Waals surface area (Å²) in [6.45, 7) is 1.40. The summed E-state index contributed by atoms with van der Waals surface area (Å²) in [5, 5.41) is 5.04. The maximum absolute atomic E-state index is 12.8. The van der Waals surface area contributed by atoms with Gasteiger partial charge in [0.15, 0.2) is 5.78 Å². The van der Waals surface area contributed by atoms with Crippen LogP contribution in [0.1, 0.15) is 15.9 Å². The summed E-state index contributed by atoms with van der Waals surface area (Å²) >= 11 is 0. The van der Waals surface area contributed by atoms with Crippen molar-refractivity contribution in [2.24, 2.45) is 0 Å². The monoisotopic (exact) mass is 495 g/mol. The molecule has 0 saturated heterocycles. The van der Waals surface area contributed by atoms with E-state index in [1.54, 1.807) is 12.1 Å². The highest BCUT2D eigenvalue weighted by Gasteiger charge is 2.23. The Kier molecular flexibility index (Phi) is 6.92. The van der Waals surface area contributed by atoms with Gasteiger partial charge in [-0.2, -0.15) is 0 Å². The molecule has 1 aliphatic carbocycles. The molecule has 0 bridgehead atoms. The quantitative estimate of drug-likeness (QED) is 0.168. The second-order valence-corrected chi connectivity index (χ2v) is 9.95. The zero-order chi connectivity index (χ0) is 25.3. The normalized spacial score (nSPS) is 13.1. The second-order valence-electron chi connectivity index (χ2n) is 8.39. The molecule has 4 rings (SSSR count). The van der Waals surface area contributed by atoms with Gasteiger partial charge < -0.3 is 14.6 Å². The van der Waals surface area contributed by atoms with Crippen LogP contribution in [0.4, 0.5) is 5.69 Å². The molecule has 0 aromatic heterocycles. The Morgan fingerprint density at radius 3 is 2.54 bits per heavy atom. The molecule has 1 atom stereocenters. The Morgan fingerprint density at radius 1 is 1.09 bits per heavy atom. The van der Waals surface area contributed by atoms with Crippen molar-refractivity contribution < 1.29 is 27.7 Å². The Balaban J connectivity index is 1.94. The molecule has 0 fully saturated rings. The molecular formula is C26H28N2O6P+. The van der Waals surface area contributed by atoms with Crippen molar-refractivity contribution in [3.05, 3.63) is 71.1 Å². The third-order valence-corrected chi connectivity index (χ3v) is 6.85. The van der Waals surface area contributed by atoms with Gasteiger partial charge in [-0.1, -0.05) is 12.1 Å². The molecule has 9 heteroatoms. The third kappa shape index (κ3) is 5.06. The van der Waals surface area contributed by atoms with Gasteiger partial charge >= 0.3 is 7.82 Å². The van der Waals surface area contributed by atoms with Crippen LogP contribution in [0.3, 0.4) is 0 Å². The Hall–Kier alpha value is -3.29. The van der Waals surface area contributed by atoms with Crippen LogP contribution in [-0.2, 0) is 13.6 Å². The maximum Gasteiger partial charge on any atom is 0.472 e. The number of nitrogens with zero attached hydrogens (tertiary/aromatic N) is 1. The smallest absolute Gasteiger partial charge is 0.456 e. The van der Waals surface area contributed by atoms with Gasteiger partial charge in [0.2, 0.25) is 5.36 Å². The van der Waals surface area contributed by atoms with Crippen LogP contribution in [0.5, 0.6) is 0 Å². The number of hydrogen-bond acceptors (Lipinski definition) is 6. The van der Waals surface area contributed by atoms with Crippen LogP contribution in [0.15, 0.2) is 59.0 Å². The minimum Gasteiger partial charge on any atom is -0.456 e. The van der Waals surface area contributed by atoms with E-state index in [1.807, 2.05) is 75.1 Å². The van der Waals surface area contributed by atoms with E-state index in [2.05, 4.69) is 9.84 Å². The van der Waals surface area contributed by atoms with Crippen LogP contribution in [0.2, 0.25) is 0 Å². The number of carbonyl (C=O) groups is 1. The zero-order valence-corrected chi connectivity index (χ0v) is 21.2. The summed E-state index contributed by atoms with van der Waals surface area (Å²) in [4.78, 5) is 22.3. The molecule has 8 nitrogen and oxygen atoms in total. The van der Waals surface area contributed by atoms with E-state index in [-0.39, 0.29) is 0 Å². The average Bonchev–Trinajstić information content (AvgIpc) is 2.85. The van der Waals surface area contributed by atoms with Crippen molar-refractivity contribution in [1.29, 1.82) is 0 Å². The SMILES string of the molecule is CNc1ccc2c(-c3cc(C(=O)COP(=O)(O)OC)ccc3C)c3ccc(=[N+](C)C)cc-3oc2c1. The van der Waals surface area contributed by atoms with Crippen molar-refractivity contribution in [2.75, 3.05) is 40.2 Å². The predicted octanol–water partition coefficient (Wildman–Crippen LogP) is 4.53. The Bertz CT molecular complexity index is 1520. The molecule has 1 unspecified atom stereocenters. The fraction of sp³-hybridized carbons (Fsp3) is 0.231. The van der Waals surface area contributed by atoms with Crippen LogP contribution >= 0.6 is 7.82 Å². The number of rotatable bonds is 7. The highest BCUT2D eigenvalue weighted by atomic mass is 31.2. The molecule has 0 spiro atoms. The van der Waals surface area contributed by atoms with E-state index in [0.29, 0.717) is 16.9 Å². The third-order valence-electron chi connectivity index (χ3n) is 5.93. The van der Waals surface area contributed by atoms with Gasteiger partial charge in [-0.05, 0) is 42.3 Å². The lowest BCUT2D eigenvalue weighted by molar-refractivity contribution is 0.0872. The van der Waals surface area contributed by atoms with E-state index < -0.39 is 20.2 Å². The summed E-state index contributed by atoms with van der Waals surface area (Å²) in [5.74, 6) is 0.284. The molecular weight excluding hydrogens is 467 g/mol. The van der Waals surface area contributed by atoms with Crippen LogP contribution in [-0.4, -0.2) is 45.5 Å². The summed E-state index contributed by atoms with van der Waals surface area (Å²) in [7, 11) is 2.58. The number of anilines is 1. The lowest BCUT2D eigenvalue weighted by atomic mass is 9.89. The van der Waals surface area contributed by atoms with E-state index in [9.17, 15) is 14.3 Å². The van der Waals surface area contributed by atoms with E-state index in [1.165, 1.54) is 0 Å². The Labute approximate surface area is 203 Å². The van der Waals surface area contributed by atoms with Crippen LogP contribution in [0, 0.1) is 6.92 Å². The largest absolute Gasteiger partial charge is 0.472 e. The van der Waals surface area contributed by atoms with Crippen molar-refractivity contribution in [1.82, 2.24) is 4.58 Å². The van der Waals surface area contributed by atoms with Gasteiger partial charge in [-0.25, -0.2) is 9.14 Å². The first-order chi connectivity index (χ1) is 16.6. The zero-order valence-electron chi connectivity index (χ0n) is 20.3. The number of hydrogen-bond donors (Lipinski definition) is 2. The van der Waals surface area contributed by atoms with E-state index >= 15 is 0 Å². The minimum atomic E-state index is -4.26. The van der Waals surface area contributed by atoms with Gasteiger partial charge in [0, 0.05) is 54.1 Å². The number of fused-ring (bicyclic) bond motifs is 2. The number of phosphoric acid groups is 1. The van der Waals surface area contributed by atoms with Crippen molar-refractivity contribution in [2.45, 2.75) is 6.92 Å². The predicted molar refractivity (Wildman–Crippen MR) is 137 cm³/mol. The summed E-state index contributed by atoms with van der Waals surface area (Å²) in [6.07, 6.45) is 0. The second kappa shape index (κ2) is 9.76. The first-order valence-electron chi connectivity index (χ1n) is 11.0. The van der Waals surface area contributed by atoms with Crippen molar-refractivity contribution >= 4 is 30.3 Å². The molecule has 0 amide bonds. The maximum atomic E-state index is 12.8. The number of nitrogens with one attached hydrogen (secondary N) is 1. The number of ketones is 1. The average molecular weight is 495 g/mol. The molecule has 2 aromatic carbocycles. The topological polar surface area (TPSA) is 101 Å². The van der Waals surface area contributed by atoms with Crippen LogP contribution < -0.4 is 15.2 Å². The van der Waals surface area contributed by atoms with Gasteiger partial charge in [0.1, 0.15) is 32.0 Å². The molecule has 1 aliphatic heterocycles. The van der Waals surface area contributed by atoms with Gasteiger partial charge in [-0.15, -0.1) is 0 Å². The molecule has 2 N–H and O–H groups in total. The van der Waals surface area contributed by atoms with Gasteiger partial charge in [-0.3, -0.25) is 13.8 Å². The molecule has 2 aromatic rings. The molecule has 2 aliphatic rings. The fourth-order valence-corrected chi connectivity index (χ4v) is 4.33. The molecule has 35 heavy (non-hydrogen) atoms. The van der Waals surface area contributed by atoms with Crippen molar-refractivity contribution in [3.8, 4) is 22.5 Å². The fourth-order valence-electron chi connectivity index (χ4n) is 3.94. The molecule has 1 heterocycles. The molecule has 0 saturated carbocycles. The lowest BCUT2D eigenvalue weighted by Crippen LogP contribution is -2.21. The molecule has 182 valence electrons. The summed E-state index contributed by atoms with van der Waals surface area (Å²) in [5.41, 5.74) is 5.65. The number of Topliss-reactive ketones (excluding diaryl/α,β-unsaturated/α-hetero) is 1. The summed E-state index contributed by atoms with van der Waals surface area (Å²) in [6, 6.07) is 17.3. The number of carbonyl (C=O) groups excluding carboxylic acids is 1. The highest BCUT2D eigenvalue weighted by Crippen LogP contribution is 2.43. The first-order valence-corrected chi connectivity index (χ1v) is 12.5. The number of aryl methyl sites for hydroxylation is 1. The lowest BCUT2D eigenvalue weighted by Gasteiger charge is -2.18. The van der Waals surface area contributed by atoms with Crippen molar-refractivity contribution in [3.63, 3.8) is 0 Å². The minimum absolute atomic E-state index is 0.362.